The van der Waals surface area contributed by atoms with Crippen molar-refractivity contribution in [3.8, 4) is 0 Å². The quantitative estimate of drug-likeness (QED) is 0.800. The number of nitrogens with zero attached hydrogens (tertiary/aromatic N) is 1. The van der Waals surface area contributed by atoms with Crippen LogP contribution in [-0.4, -0.2) is 42.0 Å². The molecule has 2 aliphatic rings. The standard InChI is InChI=1S/C15H18F3N3O2.ClH/c16-15(17,18)11-2-1-10(12(22)20-11)13(23)21-7-4-14(5-8-21)3-6-19-9-14;/h1-2,19H,3-9H2,(H,20,22);1H. The van der Waals surface area contributed by atoms with Gasteiger partial charge in [0.25, 0.3) is 11.5 Å². The summed E-state index contributed by atoms with van der Waals surface area (Å²) in [5.41, 5.74) is -2.15. The van der Waals surface area contributed by atoms with Crippen molar-refractivity contribution < 1.29 is 18.0 Å². The molecule has 1 aromatic heterocycles. The van der Waals surface area contributed by atoms with Gasteiger partial charge in [0.05, 0.1) is 0 Å². The topological polar surface area (TPSA) is 65.2 Å². The van der Waals surface area contributed by atoms with Gasteiger partial charge in [0.1, 0.15) is 11.3 Å². The molecule has 1 spiro atoms. The Kier molecular flexibility index (Phi) is 5.29. The predicted octanol–water partition coefficient (Wildman–Crippen LogP) is 2.03. The van der Waals surface area contributed by atoms with E-state index >= 15 is 0 Å². The minimum Gasteiger partial charge on any atom is -0.338 e. The smallest absolute Gasteiger partial charge is 0.338 e. The van der Waals surface area contributed by atoms with Gasteiger partial charge in [-0.1, -0.05) is 0 Å². The Bertz CT molecular complexity index is 659. The van der Waals surface area contributed by atoms with Crippen LogP contribution in [-0.2, 0) is 6.18 Å². The van der Waals surface area contributed by atoms with E-state index in [0.29, 0.717) is 13.1 Å². The summed E-state index contributed by atoms with van der Waals surface area (Å²) >= 11 is 0. The van der Waals surface area contributed by atoms with E-state index in [4.69, 9.17) is 0 Å². The zero-order chi connectivity index (χ0) is 16.7. The Labute approximate surface area is 143 Å². The second-order valence-electron chi connectivity index (χ2n) is 6.33. The Morgan fingerprint density at radius 3 is 2.33 bits per heavy atom. The normalized spacial score (nSPS) is 20.0. The van der Waals surface area contributed by atoms with Gasteiger partial charge in [-0.15, -0.1) is 12.4 Å². The number of halogens is 4. The van der Waals surface area contributed by atoms with Crippen LogP contribution in [0, 0.1) is 5.41 Å². The molecule has 1 amide bonds. The molecular weight excluding hydrogens is 347 g/mol. The van der Waals surface area contributed by atoms with E-state index in [1.807, 2.05) is 0 Å². The molecule has 1 aromatic rings. The third kappa shape index (κ3) is 3.59. The molecule has 0 radical (unpaired) electrons. The van der Waals surface area contributed by atoms with Crippen molar-refractivity contribution >= 4 is 18.3 Å². The molecule has 2 saturated heterocycles. The van der Waals surface area contributed by atoms with Crippen molar-refractivity contribution in [1.82, 2.24) is 15.2 Å². The number of hydrogen-bond donors (Lipinski definition) is 2. The lowest BCUT2D eigenvalue weighted by atomic mass is 9.78. The molecule has 5 nitrogen and oxygen atoms in total. The number of hydrogen-bond acceptors (Lipinski definition) is 3. The largest absolute Gasteiger partial charge is 0.431 e. The van der Waals surface area contributed by atoms with Gasteiger partial charge in [0, 0.05) is 19.6 Å². The summed E-state index contributed by atoms with van der Waals surface area (Å²) in [5, 5.41) is 3.32. The lowest BCUT2D eigenvalue weighted by Crippen LogP contribution is -2.45. The summed E-state index contributed by atoms with van der Waals surface area (Å²) in [4.78, 5) is 27.5. The number of piperidine rings is 1. The van der Waals surface area contributed by atoms with Crippen LogP contribution in [0.4, 0.5) is 13.2 Å². The van der Waals surface area contributed by atoms with E-state index in [0.717, 1.165) is 44.5 Å². The number of H-pyrrole nitrogens is 1. The zero-order valence-electron chi connectivity index (χ0n) is 12.9. The molecule has 9 heteroatoms. The van der Waals surface area contributed by atoms with E-state index in [1.54, 1.807) is 9.88 Å². The number of aromatic nitrogens is 1. The molecule has 3 rings (SSSR count). The van der Waals surface area contributed by atoms with Gasteiger partial charge in [-0.2, -0.15) is 13.2 Å². The van der Waals surface area contributed by atoms with E-state index in [2.05, 4.69) is 5.32 Å². The second kappa shape index (κ2) is 6.76. The summed E-state index contributed by atoms with van der Waals surface area (Å²) in [6.07, 6.45) is -1.85. The minimum absolute atomic E-state index is 0. The number of nitrogens with one attached hydrogen (secondary N) is 2. The van der Waals surface area contributed by atoms with E-state index in [1.165, 1.54) is 0 Å². The van der Waals surface area contributed by atoms with Gasteiger partial charge in [-0.25, -0.2) is 0 Å². The van der Waals surface area contributed by atoms with Crippen LogP contribution in [0.15, 0.2) is 16.9 Å². The summed E-state index contributed by atoms with van der Waals surface area (Å²) in [7, 11) is 0. The summed E-state index contributed by atoms with van der Waals surface area (Å²) < 4.78 is 37.7. The third-order valence-electron chi connectivity index (χ3n) is 4.89. The molecule has 134 valence electrons. The van der Waals surface area contributed by atoms with Crippen LogP contribution >= 0.6 is 12.4 Å². The van der Waals surface area contributed by atoms with Crippen molar-refractivity contribution in [1.29, 1.82) is 0 Å². The fourth-order valence-electron chi connectivity index (χ4n) is 3.38. The van der Waals surface area contributed by atoms with Crippen molar-refractivity contribution in [3.05, 3.63) is 33.7 Å². The van der Waals surface area contributed by atoms with Gasteiger partial charge in [-0.05, 0) is 43.4 Å². The average molecular weight is 366 g/mol. The maximum absolute atomic E-state index is 12.6. The van der Waals surface area contributed by atoms with Crippen molar-refractivity contribution in [2.45, 2.75) is 25.4 Å². The number of alkyl halides is 3. The molecule has 0 bridgehead atoms. The highest BCUT2D eigenvalue weighted by atomic mass is 35.5. The molecule has 2 N–H and O–H groups in total. The first kappa shape index (κ1) is 18.8. The number of aromatic amines is 1. The van der Waals surface area contributed by atoms with Crippen molar-refractivity contribution in [3.63, 3.8) is 0 Å². The van der Waals surface area contributed by atoms with Gasteiger partial charge in [-0.3, -0.25) is 9.59 Å². The molecular formula is C15H19ClF3N3O2. The molecule has 3 heterocycles. The molecule has 0 aromatic carbocycles. The Morgan fingerprint density at radius 1 is 1.17 bits per heavy atom. The van der Waals surface area contributed by atoms with Gasteiger partial charge < -0.3 is 15.2 Å². The molecule has 0 saturated carbocycles. The Morgan fingerprint density at radius 2 is 1.83 bits per heavy atom. The number of pyridine rings is 1. The highest BCUT2D eigenvalue weighted by Crippen LogP contribution is 2.37. The fourth-order valence-corrected chi connectivity index (χ4v) is 3.38. The van der Waals surface area contributed by atoms with Crippen LogP contribution in [0.2, 0.25) is 0 Å². The van der Waals surface area contributed by atoms with Crippen molar-refractivity contribution in [2.24, 2.45) is 5.41 Å². The predicted molar refractivity (Wildman–Crippen MR) is 84.4 cm³/mol. The lowest BCUT2D eigenvalue weighted by Gasteiger charge is -2.38. The van der Waals surface area contributed by atoms with Crippen LogP contribution < -0.4 is 10.9 Å². The molecule has 2 aliphatic heterocycles. The number of amides is 1. The van der Waals surface area contributed by atoms with E-state index < -0.39 is 23.3 Å². The Hall–Kier alpha value is -1.54. The number of rotatable bonds is 1. The first-order chi connectivity index (χ1) is 10.8. The summed E-state index contributed by atoms with van der Waals surface area (Å²) in [6, 6.07) is 1.70. The molecule has 0 atom stereocenters. The van der Waals surface area contributed by atoms with Crippen LogP contribution in [0.3, 0.4) is 0 Å². The number of likely N-dealkylation sites (tertiary alicyclic amines) is 1. The zero-order valence-corrected chi connectivity index (χ0v) is 13.7. The minimum atomic E-state index is -4.63. The SMILES string of the molecule is Cl.O=C(c1ccc(C(F)(F)F)[nH]c1=O)N1CCC2(CCNC2)CC1. The third-order valence-corrected chi connectivity index (χ3v) is 4.89. The lowest BCUT2D eigenvalue weighted by molar-refractivity contribution is -0.141. The number of carbonyl (C=O) groups excluding carboxylic acids is 1. The van der Waals surface area contributed by atoms with E-state index in [-0.39, 0.29) is 23.4 Å². The summed E-state index contributed by atoms with van der Waals surface area (Å²) in [6.45, 7) is 2.98. The maximum atomic E-state index is 12.6. The van der Waals surface area contributed by atoms with Gasteiger partial charge in [0.2, 0.25) is 0 Å². The average Bonchev–Trinajstić information content (AvgIpc) is 2.94. The fraction of sp³-hybridized carbons (Fsp3) is 0.600. The van der Waals surface area contributed by atoms with Crippen LogP contribution in [0.5, 0.6) is 0 Å². The molecule has 0 aliphatic carbocycles. The monoisotopic (exact) mass is 365 g/mol. The van der Waals surface area contributed by atoms with Gasteiger partial charge >= 0.3 is 6.18 Å². The van der Waals surface area contributed by atoms with Gasteiger partial charge in [0.15, 0.2) is 0 Å². The first-order valence-corrected chi connectivity index (χ1v) is 7.61. The molecule has 24 heavy (non-hydrogen) atoms. The Balaban J connectivity index is 0.00000208. The summed E-state index contributed by atoms with van der Waals surface area (Å²) in [5.74, 6) is -0.499. The van der Waals surface area contributed by atoms with Crippen LogP contribution in [0.25, 0.3) is 0 Å². The molecule has 2 fully saturated rings. The van der Waals surface area contributed by atoms with E-state index in [9.17, 15) is 22.8 Å². The number of carbonyl (C=O) groups is 1. The molecule has 0 unspecified atom stereocenters. The second-order valence-corrected chi connectivity index (χ2v) is 6.33. The van der Waals surface area contributed by atoms with Crippen LogP contribution in [0.1, 0.15) is 35.3 Å². The highest BCUT2D eigenvalue weighted by molar-refractivity contribution is 5.93. The maximum Gasteiger partial charge on any atom is 0.431 e. The first-order valence-electron chi connectivity index (χ1n) is 7.61. The van der Waals surface area contributed by atoms with Crippen molar-refractivity contribution in [2.75, 3.05) is 26.2 Å². The highest BCUT2D eigenvalue weighted by Gasteiger charge is 2.39.